The third-order valence-corrected chi connectivity index (χ3v) is 3.40. The monoisotopic (exact) mass is 327 g/mol. The molecule has 2 atom stereocenters. The summed E-state index contributed by atoms with van der Waals surface area (Å²) in [5, 5.41) is 1.21. The van der Waals surface area contributed by atoms with Crippen LogP contribution in [0.5, 0.6) is 0 Å². The van der Waals surface area contributed by atoms with Gasteiger partial charge in [0.1, 0.15) is 5.76 Å². The summed E-state index contributed by atoms with van der Waals surface area (Å²) in [7, 11) is 0. The van der Waals surface area contributed by atoms with Crippen molar-refractivity contribution in [1.82, 2.24) is 20.5 Å². The van der Waals surface area contributed by atoms with Crippen LogP contribution >= 0.6 is 0 Å². The zero-order chi connectivity index (χ0) is 16.6. The Morgan fingerprint density at radius 2 is 2.17 bits per heavy atom. The van der Waals surface area contributed by atoms with Crippen molar-refractivity contribution in [2.24, 2.45) is 4.99 Å². The average molecular weight is 327 g/mol. The van der Waals surface area contributed by atoms with Crippen molar-refractivity contribution < 1.29 is 27.8 Å². The third kappa shape index (κ3) is 2.60. The predicted molar refractivity (Wildman–Crippen MR) is 69.6 cm³/mol. The number of hydrogen-bond donors (Lipinski definition) is 1. The lowest BCUT2D eigenvalue weighted by Crippen LogP contribution is -2.62. The van der Waals surface area contributed by atoms with Gasteiger partial charge in [0.2, 0.25) is 5.91 Å². The van der Waals surface area contributed by atoms with E-state index in [2.05, 4.69) is 10.3 Å². The zero-order valence-corrected chi connectivity index (χ0v) is 11.6. The predicted octanol–water partition coefficient (Wildman–Crippen LogP) is -0.0324. The second-order valence-electron chi connectivity index (χ2n) is 4.86. The van der Waals surface area contributed by atoms with E-state index in [9.17, 15) is 23.3 Å². The van der Waals surface area contributed by atoms with E-state index in [-0.39, 0.29) is 13.1 Å². The smallest absolute Gasteiger partial charge is 0.385 e. The molecule has 0 aromatic carbocycles. The summed E-state index contributed by atoms with van der Waals surface area (Å²) in [6.45, 7) is -0.227. The molecule has 23 heavy (non-hydrogen) atoms. The molecule has 11 heteroatoms. The number of furan rings is 1. The Morgan fingerprint density at radius 1 is 1.39 bits per heavy atom. The first kappa shape index (κ1) is 14.9. The minimum absolute atomic E-state index is 0.127. The molecule has 0 saturated carbocycles. The van der Waals surface area contributed by atoms with Crippen LogP contribution in [0.4, 0.5) is 13.8 Å². The lowest BCUT2D eigenvalue weighted by atomic mass is 10.1. The van der Waals surface area contributed by atoms with Gasteiger partial charge in [0, 0.05) is 0 Å². The van der Waals surface area contributed by atoms with Gasteiger partial charge in [-0.1, -0.05) is 14.1 Å². The van der Waals surface area contributed by atoms with Crippen molar-refractivity contribution in [1.29, 1.82) is 0 Å². The van der Waals surface area contributed by atoms with Crippen LogP contribution in [-0.2, 0) is 16.1 Å². The SMILES string of the molecule is O=C(CN1C=NC2C1C(=O)N(F)C(=O)N2F)NCc1ccco1. The summed E-state index contributed by atoms with van der Waals surface area (Å²) < 4.78 is 32.0. The summed E-state index contributed by atoms with van der Waals surface area (Å²) >= 11 is 0. The molecule has 3 rings (SSSR count). The molecule has 0 radical (unpaired) electrons. The first-order valence-corrected chi connectivity index (χ1v) is 6.56. The Kier molecular flexibility index (Phi) is 3.68. The number of nitrogens with zero attached hydrogens (tertiary/aromatic N) is 4. The number of rotatable bonds is 4. The molecule has 9 nitrogen and oxygen atoms in total. The summed E-state index contributed by atoms with van der Waals surface area (Å²) in [5.74, 6) is -1.25. The fourth-order valence-corrected chi connectivity index (χ4v) is 2.30. The summed E-state index contributed by atoms with van der Waals surface area (Å²) in [4.78, 5) is 39.5. The molecule has 4 amide bonds. The van der Waals surface area contributed by atoms with Gasteiger partial charge in [0.05, 0.1) is 25.7 Å². The highest BCUT2D eigenvalue weighted by Crippen LogP contribution is 2.26. The molecule has 1 saturated heterocycles. The van der Waals surface area contributed by atoms with Gasteiger partial charge in [-0.25, -0.2) is 9.79 Å². The van der Waals surface area contributed by atoms with Crippen molar-refractivity contribution in [2.45, 2.75) is 18.8 Å². The van der Waals surface area contributed by atoms with Gasteiger partial charge in [-0.2, -0.15) is 0 Å². The summed E-state index contributed by atoms with van der Waals surface area (Å²) in [6, 6.07) is 0.156. The number of carbonyl (C=O) groups excluding carboxylic acids is 3. The minimum Gasteiger partial charge on any atom is -0.467 e. The number of halogens is 2. The number of fused-ring (bicyclic) bond motifs is 1. The van der Waals surface area contributed by atoms with E-state index in [1.54, 1.807) is 12.1 Å². The molecular formula is C12H11F2N5O4. The van der Waals surface area contributed by atoms with E-state index < -0.39 is 40.3 Å². The maximum atomic E-state index is 13.6. The number of carbonyl (C=O) groups is 3. The molecule has 2 aliphatic rings. The zero-order valence-electron chi connectivity index (χ0n) is 11.6. The van der Waals surface area contributed by atoms with Crippen molar-refractivity contribution in [2.75, 3.05) is 6.54 Å². The van der Waals surface area contributed by atoms with Gasteiger partial charge >= 0.3 is 6.03 Å². The summed E-state index contributed by atoms with van der Waals surface area (Å²) in [5.41, 5.74) is 0. The van der Waals surface area contributed by atoms with E-state index in [0.717, 1.165) is 11.2 Å². The molecular weight excluding hydrogens is 316 g/mol. The van der Waals surface area contributed by atoms with Gasteiger partial charge in [-0.05, 0) is 12.1 Å². The van der Waals surface area contributed by atoms with Crippen LogP contribution in [-0.4, -0.2) is 58.1 Å². The molecule has 0 spiro atoms. The highest BCUT2D eigenvalue weighted by atomic mass is 19.2. The topological polar surface area (TPSA) is 98.5 Å². The van der Waals surface area contributed by atoms with Crippen molar-refractivity contribution in [3.63, 3.8) is 0 Å². The van der Waals surface area contributed by atoms with Crippen LogP contribution in [0.1, 0.15) is 5.76 Å². The van der Waals surface area contributed by atoms with E-state index in [0.29, 0.717) is 5.76 Å². The van der Waals surface area contributed by atoms with Gasteiger partial charge in [0.15, 0.2) is 12.2 Å². The molecule has 0 aliphatic carbocycles. The molecule has 1 aromatic rings. The number of amides is 4. The highest BCUT2D eigenvalue weighted by molar-refractivity contribution is 6.01. The lowest BCUT2D eigenvalue weighted by Gasteiger charge is -2.34. The van der Waals surface area contributed by atoms with Gasteiger partial charge in [-0.15, -0.1) is 5.12 Å². The van der Waals surface area contributed by atoms with Crippen LogP contribution in [0, 0.1) is 0 Å². The maximum absolute atomic E-state index is 13.6. The minimum atomic E-state index is -1.74. The fraction of sp³-hybridized carbons (Fsp3) is 0.333. The lowest BCUT2D eigenvalue weighted by molar-refractivity contribution is -0.160. The van der Waals surface area contributed by atoms with Crippen LogP contribution in [0.15, 0.2) is 27.8 Å². The molecule has 3 heterocycles. The van der Waals surface area contributed by atoms with E-state index in [1.165, 1.54) is 6.26 Å². The van der Waals surface area contributed by atoms with Crippen LogP contribution in [0.3, 0.4) is 0 Å². The van der Waals surface area contributed by atoms with E-state index in [4.69, 9.17) is 4.42 Å². The first-order valence-electron chi connectivity index (χ1n) is 6.56. The molecule has 2 unspecified atom stereocenters. The number of nitrogens with one attached hydrogen (secondary N) is 1. The second kappa shape index (κ2) is 5.66. The van der Waals surface area contributed by atoms with Crippen LogP contribution < -0.4 is 5.32 Å². The third-order valence-electron chi connectivity index (χ3n) is 3.40. The Morgan fingerprint density at radius 3 is 2.87 bits per heavy atom. The number of urea groups is 1. The van der Waals surface area contributed by atoms with E-state index in [1.807, 2.05) is 0 Å². The maximum Gasteiger partial charge on any atom is 0.385 e. The highest BCUT2D eigenvalue weighted by Gasteiger charge is 2.53. The Balaban J connectivity index is 1.63. The largest absolute Gasteiger partial charge is 0.467 e. The van der Waals surface area contributed by atoms with Crippen molar-refractivity contribution in [3.8, 4) is 0 Å². The Hall–Kier alpha value is -2.98. The molecule has 1 N–H and O–H groups in total. The normalized spacial score (nSPS) is 23.5. The number of hydrogen-bond acceptors (Lipinski definition) is 6. The molecule has 122 valence electrons. The van der Waals surface area contributed by atoms with E-state index >= 15 is 0 Å². The summed E-state index contributed by atoms with van der Waals surface area (Å²) in [6.07, 6.45) is 0.987. The molecule has 2 aliphatic heterocycles. The molecule has 1 fully saturated rings. The Labute approximate surface area is 128 Å². The number of aliphatic imine (C=N–C) groups is 1. The molecule has 0 bridgehead atoms. The van der Waals surface area contributed by atoms with Crippen molar-refractivity contribution >= 4 is 24.2 Å². The van der Waals surface area contributed by atoms with Crippen LogP contribution in [0.2, 0.25) is 0 Å². The van der Waals surface area contributed by atoms with Crippen molar-refractivity contribution in [3.05, 3.63) is 24.2 Å². The van der Waals surface area contributed by atoms with Gasteiger partial charge in [0.25, 0.3) is 5.91 Å². The van der Waals surface area contributed by atoms with Crippen LogP contribution in [0.25, 0.3) is 0 Å². The second-order valence-corrected chi connectivity index (χ2v) is 4.86. The first-order chi connectivity index (χ1) is 11.0. The van der Waals surface area contributed by atoms with Gasteiger partial charge < -0.3 is 14.6 Å². The fourth-order valence-electron chi connectivity index (χ4n) is 2.30. The Bertz CT molecular complexity index is 664. The standard InChI is InChI=1S/C12H11F2N5O4/c13-18-10-9(11(21)19(14)12(18)22)17(6-16-10)5-8(20)15-4-7-2-1-3-23-7/h1-3,6,9-10H,4-5H2,(H,15,20). The molecule has 1 aromatic heterocycles. The number of imide groups is 1. The van der Waals surface area contributed by atoms with Gasteiger partial charge in [-0.3, -0.25) is 9.59 Å². The quantitative estimate of drug-likeness (QED) is 0.783. The average Bonchev–Trinajstić information content (AvgIpc) is 3.18.